The summed E-state index contributed by atoms with van der Waals surface area (Å²) in [7, 11) is 0. The number of nitrogens with zero attached hydrogens (tertiary/aromatic N) is 4. The fraction of sp³-hybridized carbons (Fsp3) is 0.588. The van der Waals surface area contributed by atoms with Crippen molar-refractivity contribution in [2.75, 3.05) is 19.6 Å². The van der Waals surface area contributed by atoms with E-state index in [4.69, 9.17) is 0 Å². The lowest BCUT2D eigenvalue weighted by molar-refractivity contribution is -0.0499. The van der Waals surface area contributed by atoms with Crippen molar-refractivity contribution < 1.29 is 18.3 Å². The van der Waals surface area contributed by atoms with Crippen LogP contribution in [0.25, 0.3) is 0 Å². The van der Waals surface area contributed by atoms with Crippen LogP contribution in [0.15, 0.2) is 6.07 Å². The highest BCUT2D eigenvalue weighted by Crippen LogP contribution is 2.34. The molecule has 1 N–H and O–H groups in total. The Morgan fingerprint density at radius 1 is 1.32 bits per heavy atom. The van der Waals surface area contributed by atoms with E-state index in [2.05, 4.69) is 24.8 Å². The summed E-state index contributed by atoms with van der Waals surface area (Å²) in [5.74, 6) is 1.94. The standard InChI is InChI=1S/C17H21F2N5O2S.ClH/c1-10-8-12(26-17(18)19)14(27-10)16(25)23-5-2-11(3-6-23)15-22-21-13-9-20-4-7-24(13)15;/h8,11,17,20H,2-7,9H2,1H3;1H. The summed E-state index contributed by atoms with van der Waals surface area (Å²) < 4.78 is 31.9. The Morgan fingerprint density at radius 3 is 2.79 bits per heavy atom. The zero-order chi connectivity index (χ0) is 19.0. The van der Waals surface area contributed by atoms with Crippen molar-refractivity contribution in [2.24, 2.45) is 0 Å². The minimum Gasteiger partial charge on any atom is -0.433 e. The van der Waals surface area contributed by atoms with E-state index in [0.29, 0.717) is 13.1 Å². The maximum atomic E-state index is 12.8. The summed E-state index contributed by atoms with van der Waals surface area (Å²) >= 11 is 1.19. The summed E-state index contributed by atoms with van der Waals surface area (Å²) in [4.78, 5) is 15.5. The maximum Gasteiger partial charge on any atom is 0.387 e. The van der Waals surface area contributed by atoms with Gasteiger partial charge in [-0.25, -0.2) is 0 Å². The first kappa shape index (κ1) is 20.9. The van der Waals surface area contributed by atoms with Crippen LogP contribution in [-0.2, 0) is 13.1 Å². The van der Waals surface area contributed by atoms with Crippen molar-refractivity contribution in [3.05, 3.63) is 27.5 Å². The van der Waals surface area contributed by atoms with Gasteiger partial charge in [0.05, 0.1) is 6.54 Å². The van der Waals surface area contributed by atoms with Crippen molar-refractivity contribution in [1.82, 2.24) is 25.0 Å². The predicted molar refractivity (Wildman–Crippen MR) is 103 cm³/mol. The van der Waals surface area contributed by atoms with Crippen LogP contribution < -0.4 is 10.1 Å². The lowest BCUT2D eigenvalue weighted by Crippen LogP contribution is -2.38. The molecule has 1 saturated heterocycles. The van der Waals surface area contributed by atoms with E-state index >= 15 is 0 Å². The first-order chi connectivity index (χ1) is 13.0. The van der Waals surface area contributed by atoms with Crippen LogP contribution in [0.2, 0.25) is 0 Å². The third-order valence-electron chi connectivity index (χ3n) is 5.03. The monoisotopic (exact) mass is 433 g/mol. The number of piperidine rings is 1. The number of thiophene rings is 1. The topological polar surface area (TPSA) is 72.3 Å². The minimum atomic E-state index is -2.94. The molecule has 0 atom stereocenters. The van der Waals surface area contributed by atoms with Crippen molar-refractivity contribution in [1.29, 1.82) is 0 Å². The molecule has 28 heavy (non-hydrogen) atoms. The van der Waals surface area contributed by atoms with Crippen molar-refractivity contribution in [2.45, 2.75) is 45.4 Å². The number of likely N-dealkylation sites (tertiary alicyclic amines) is 1. The summed E-state index contributed by atoms with van der Waals surface area (Å²) in [6.07, 6.45) is 1.57. The number of aromatic nitrogens is 3. The molecule has 0 radical (unpaired) electrons. The molecule has 7 nitrogen and oxygen atoms in total. The number of carbonyl (C=O) groups is 1. The second-order valence-corrected chi connectivity index (χ2v) is 8.05. The first-order valence-electron chi connectivity index (χ1n) is 9.00. The van der Waals surface area contributed by atoms with E-state index in [1.807, 2.05) is 0 Å². The zero-order valence-corrected chi connectivity index (χ0v) is 17.0. The van der Waals surface area contributed by atoms with E-state index in [9.17, 15) is 13.6 Å². The Morgan fingerprint density at radius 2 is 2.07 bits per heavy atom. The van der Waals surface area contributed by atoms with Gasteiger partial charge < -0.3 is 19.5 Å². The molecule has 2 aliphatic heterocycles. The van der Waals surface area contributed by atoms with Crippen LogP contribution in [0.5, 0.6) is 5.75 Å². The summed E-state index contributed by atoms with van der Waals surface area (Å²) in [5.41, 5.74) is 0. The molecule has 0 unspecified atom stereocenters. The molecule has 0 spiro atoms. The number of alkyl halides is 2. The molecule has 2 aliphatic rings. The van der Waals surface area contributed by atoms with Crippen LogP contribution >= 0.6 is 23.7 Å². The van der Waals surface area contributed by atoms with Gasteiger partial charge in [-0.05, 0) is 25.8 Å². The zero-order valence-electron chi connectivity index (χ0n) is 15.4. The molecule has 4 rings (SSSR count). The highest BCUT2D eigenvalue weighted by atomic mass is 35.5. The minimum absolute atomic E-state index is 0. The Kier molecular flexibility index (Phi) is 6.51. The summed E-state index contributed by atoms with van der Waals surface area (Å²) in [6, 6.07) is 1.49. The SMILES string of the molecule is Cc1cc(OC(F)F)c(C(=O)N2CCC(c3nnc4n3CCNC4)CC2)s1.Cl. The third kappa shape index (κ3) is 4.13. The molecule has 1 fully saturated rings. The Balaban J connectivity index is 0.00000225. The lowest BCUT2D eigenvalue weighted by atomic mass is 9.95. The van der Waals surface area contributed by atoms with Gasteiger partial charge in [0.25, 0.3) is 5.91 Å². The average Bonchev–Trinajstić information content (AvgIpc) is 3.24. The number of aryl methyl sites for hydroxylation is 1. The van der Waals surface area contributed by atoms with Crippen LogP contribution in [0.4, 0.5) is 8.78 Å². The van der Waals surface area contributed by atoms with E-state index in [0.717, 1.165) is 49.0 Å². The molecular formula is C17H22ClF2N5O2S. The number of nitrogens with one attached hydrogen (secondary N) is 1. The molecule has 2 aromatic rings. The van der Waals surface area contributed by atoms with Gasteiger partial charge in [0, 0.05) is 37.0 Å². The number of amides is 1. The smallest absolute Gasteiger partial charge is 0.387 e. The number of hydrogen-bond donors (Lipinski definition) is 1. The average molecular weight is 434 g/mol. The van der Waals surface area contributed by atoms with Crippen LogP contribution in [0.1, 0.15) is 45.0 Å². The Hall–Kier alpha value is -1.78. The molecule has 0 bridgehead atoms. The van der Waals surface area contributed by atoms with Gasteiger partial charge >= 0.3 is 6.61 Å². The Bertz CT molecular complexity index is 836. The van der Waals surface area contributed by atoms with Gasteiger partial charge in [0.2, 0.25) is 0 Å². The van der Waals surface area contributed by atoms with Gasteiger partial charge in [-0.1, -0.05) is 0 Å². The van der Waals surface area contributed by atoms with E-state index in [-0.39, 0.29) is 34.9 Å². The predicted octanol–water partition coefficient (Wildman–Crippen LogP) is 2.79. The second kappa shape index (κ2) is 8.71. The van der Waals surface area contributed by atoms with Crippen molar-refractivity contribution >= 4 is 29.7 Å². The fourth-order valence-electron chi connectivity index (χ4n) is 3.72. The second-order valence-electron chi connectivity index (χ2n) is 6.80. The molecule has 0 aromatic carbocycles. The van der Waals surface area contributed by atoms with E-state index in [1.54, 1.807) is 11.8 Å². The molecule has 0 aliphatic carbocycles. The van der Waals surface area contributed by atoms with Gasteiger partial charge in [0.1, 0.15) is 22.3 Å². The van der Waals surface area contributed by atoms with Crippen LogP contribution in [-0.4, -0.2) is 51.8 Å². The van der Waals surface area contributed by atoms with Gasteiger partial charge in [-0.3, -0.25) is 4.79 Å². The molecule has 0 saturated carbocycles. The van der Waals surface area contributed by atoms with Crippen LogP contribution in [0.3, 0.4) is 0 Å². The third-order valence-corrected chi connectivity index (χ3v) is 6.05. The highest BCUT2D eigenvalue weighted by molar-refractivity contribution is 7.14. The largest absolute Gasteiger partial charge is 0.433 e. The first-order valence-corrected chi connectivity index (χ1v) is 9.82. The molecule has 1 amide bonds. The van der Waals surface area contributed by atoms with E-state index in [1.165, 1.54) is 17.4 Å². The highest BCUT2D eigenvalue weighted by Gasteiger charge is 2.31. The molecule has 154 valence electrons. The van der Waals surface area contributed by atoms with Gasteiger partial charge in [-0.2, -0.15) is 8.78 Å². The number of hydrogen-bond acceptors (Lipinski definition) is 6. The van der Waals surface area contributed by atoms with Gasteiger partial charge in [0.15, 0.2) is 0 Å². The molecule has 4 heterocycles. The van der Waals surface area contributed by atoms with Crippen LogP contribution in [0, 0.1) is 6.92 Å². The molecule has 11 heteroatoms. The Labute approximate surface area is 171 Å². The molecule has 2 aromatic heterocycles. The fourth-order valence-corrected chi connectivity index (χ4v) is 4.64. The quantitative estimate of drug-likeness (QED) is 0.802. The number of fused-ring (bicyclic) bond motifs is 1. The maximum absolute atomic E-state index is 12.8. The number of carbonyl (C=O) groups excluding carboxylic acids is 1. The summed E-state index contributed by atoms with van der Waals surface area (Å²) in [5, 5.41) is 11.9. The number of rotatable bonds is 4. The summed E-state index contributed by atoms with van der Waals surface area (Å²) in [6.45, 7) is 2.46. The normalized spacial score (nSPS) is 17.4. The number of halogens is 3. The van der Waals surface area contributed by atoms with Crippen molar-refractivity contribution in [3.63, 3.8) is 0 Å². The van der Waals surface area contributed by atoms with Crippen molar-refractivity contribution in [3.8, 4) is 5.75 Å². The lowest BCUT2D eigenvalue weighted by Gasteiger charge is -2.32. The van der Waals surface area contributed by atoms with E-state index < -0.39 is 6.61 Å². The van der Waals surface area contributed by atoms with Gasteiger partial charge in [-0.15, -0.1) is 33.9 Å². The number of ether oxygens (including phenoxy) is 1. The molecular weight excluding hydrogens is 412 g/mol.